The Labute approximate surface area is 170 Å². The standard InChI is InChI=1S/C19H16ClF2N7/c1-28-11-26-27-18(28)19(22)3-6-29(7-4-19)16-12(9-23)2-5-24-15(16)13-8-14(20)17(21)25-10-13/h2,5,8,10-11H,3-4,6-7H2,1H3. The van der Waals surface area contributed by atoms with Crippen molar-refractivity contribution in [3.63, 3.8) is 0 Å². The molecular formula is C19H16ClF2N7. The topological polar surface area (TPSA) is 83.5 Å². The minimum Gasteiger partial charge on any atom is -0.368 e. The summed E-state index contributed by atoms with van der Waals surface area (Å²) in [4.78, 5) is 9.92. The molecule has 10 heteroatoms. The van der Waals surface area contributed by atoms with Crippen molar-refractivity contribution in [2.24, 2.45) is 7.05 Å². The van der Waals surface area contributed by atoms with E-state index in [1.54, 1.807) is 17.7 Å². The molecule has 0 aromatic carbocycles. The van der Waals surface area contributed by atoms with Gasteiger partial charge in [0.25, 0.3) is 0 Å². The van der Waals surface area contributed by atoms with Gasteiger partial charge in [-0.05, 0) is 12.1 Å². The van der Waals surface area contributed by atoms with E-state index in [1.807, 2.05) is 4.90 Å². The first-order chi connectivity index (χ1) is 13.9. The fourth-order valence-corrected chi connectivity index (χ4v) is 3.79. The van der Waals surface area contributed by atoms with Crippen molar-refractivity contribution >= 4 is 17.3 Å². The molecular weight excluding hydrogens is 400 g/mol. The zero-order valence-corrected chi connectivity index (χ0v) is 16.2. The molecule has 148 valence electrons. The SMILES string of the molecule is Cn1cnnc1C1(F)CCN(c2c(C#N)ccnc2-c2cnc(F)c(Cl)c2)CC1. The normalized spacial score (nSPS) is 15.9. The molecule has 1 aliphatic heterocycles. The first-order valence-corrected chi connectivity index (χ1v) is 9.29. The second-order valence-electron chi connectivity index (χ2n) is 6.88. The predicted molar refractivity (Wildman–Crippen MR) is 102 cm³/mol. The Balaban J connectivity index is 1.70. The van der Waals surface area contributed by atoms with Crippen LogP contribution >= 0.6 is 11.6 Å². The van der Waals surface area contributed by atoms with Crippen molar-refractivity contribution in [2.75, 3.05) is 18.0 Å². The number of rotatable bonds is 3. The Hall–Kier alpha value is -3.12. The van der Waals surface area contributed by atoms with Gasteiger partial charge in [-0.25, -0.2) is 9.37 Å². The molecule has 0 radical (unpaired) electrons. The molecule has 0 saturated carbocycles. The lowest BCUT2D eigenvalue weighted by Crippen LogP contribution is -2.42. The fraction of sp³-hybridized carbons (Fsp3) is 0.316. The van der Waals surface area contributed by atoms with Gasteiger partial charge in [0.15, 0.2) is 11.5 Å². The molecule has 0 amide bonds. The first kappa shape index (κ1) is 19.2. The van der Waals surface area contributed by atoms with E-state index in [4.69, 9.17) is 11.6 Å². The monoisotopic (exact) mass is 415 g/mol. The molecule has 0 unspecified atom stereocenters. The zero-order valence-electron chi connectivity index (χ0n) is 15.5. The average molecular weight is 416 g/mol. The molecule has 0 atom stereocenters. The van der Waals surface area contributed by atoms with E-state index in [2.05, 4.69) is 26.2 Å². The summed E-state index contributed by atoms with van der Waals surface area (Å²) >= 11 is 5.88. The number of alkyl halides is 1. The number of nitriles is 1. The van der Waals surface area contributed by atoms with Crippen molar-refractivity contribution in [1.82, 2.24) is 24.7 Å². The minimum atomic E-state index is -1.60. The summed E-state index contributed by atoms with van der Waals surface area (Å²) in [7, 11) is 1.71. The molecule has 1 fully saturated rings. The van der Waals surface area contributed by atoms with E-state index in [-0.39, 0.29) is 17.9 Å². The van der Waals surface area contributed by atoms with Gasteiger partial charge in [0.1, 0.15) is 12.4 Å². The number of piperidine rings is 1. The summed E-state index contributed by atoms with van der Waals surface area (Å²) in [5.74, 6) is -0.490. The highest BCUT2D eigenvalue weighted by molar-refractivity contribution is 6.30. The van der Waals surface area contributed by atoms with Gasteiger partial charge in [-0.1, -0.05) is 11.6 Å². The van der Waals surface area contributed by atoms with Gasteiger partial charge in [-0.2, -0.15) is 9.65 Å². The van der Waals surface area contributed by atoms with Crippen LogP contribution in [0, 0.1) is 17.3 Å². The van der Waals surface area contributed by atoms with Gasteiger partial charge >= 0.3 is 0 Å². The highest BCUT2D eigenvalue weighted by atomic mass is 35.5. The average Bonchev–Trinajstić information content (AvgIpc) is 3.17. The van der Waals surface area contributed by atoms with Gasteiger partial charge in [-0.3, -0.25) is 4.98 Å². The number of aryl methyl sites for hydroxylation is 1. The van der Waals surface area contributed by atoms with Crippen LogP contribution in [0.15, 0.2) is 30.9 Å². The van der Waals surface area contributed by atoms with Crippen LogP contribution in [-0.4, -0.2) is 37.8 Å². The summed E-state index contributed by atoms with van der Waals surface area (Å²) in [6.07, 6.45) is 4.65. The Morgan fingerprint density at radius 1 is 1.28 bits per heavy atom. The lowest BCUT2D eigenvalue weighted by molar-refractivity contribution is 0.109. The van der Waals surface area contributed by atoms with Crippen molar-refractivity contribution in [2.45, 2.75) is 18.5 Å². The Kier molecular flexibility index (Phi) is 4.88. The molecule has 29 heavy (non-hydrogen) atoms. The molecule has 4 rings (SSSR count). The lowest BCUT2D eigenvalue weighted by Gasteiger charge is -2.37. The van der Waals surface area contributed by atoms with E-state index < -0.39 is 11.6 Å². The molecule has 7 nitrogen and oxygen atoms in total. The van der Waals surface area contributed by atoms with Crippen LogP contribution in [0.5, 0.6) is 0 Å². The van der Waals surface area contributed by atoms with Gasteiger partial charge < -0.3 is 9.47 Å². The van der Waals surface area contributed by atoms with Crippen LogP contribution in [0.25, 0.3) is 11.3 Å². The molecule has 3 aromatic rings. The molecule has 1 saturated heterocycles. The van der Waals surface area contributed by atoms with Gasteiger partial charge in [0.05, 0.1) is 22.0 Å². The van der Waals surface area contributed by atoms with E-state index in [0.717, 1.165) is 0 Å². The number of hydrogen-bond donors (Lipinski definition) is 0. The number of halogens is 3. The maximum absolute atomic E-state index is 15.5. The zero-order chi connectivity index (χ0) is 20.6. The van der Waals surface area contributed by atoms with Crippen LogP contribution < -0.4 is 4.90 Å². The first-order valence-electron chi connectivity index (χ1n) is 8.92. The minimum absolute atomic E-state index is 0.138. The summed E-state index contributed by atoms with van der Waals surface area (Å²) in [6.45, 7) is 0.693. The molecule has 4 heterocycles. The third kappa shape index (κ3) is 3.40. The number of hydrogen-bond acceptors (Lipinski definition) is 6. The maximum atomic E-state index is 15.5. The highest BCUT2D eigenvalue weighted by Gasteiger charge is 2.41. The smallest absolute Gasteiger partial charge is 0.231 e. The Bertz CT molecular complexity index is 1100. The lowest BCUT2D eigenvalue weighted by atomic mass is 9.91. The van der Waals surface area contributed by atoms with Crippen molar-refractivity contribution in [3.8, 4) is 17.3 Å². The fourth-order valence-electron chi connectivity index (χ4n) is 3.62. The van der Waals surface area contributed by atoms with Gasteiger partial charge in [-0.15, -0.1) is 10.2 Å². The summed E-state index contributed by atoms with van der Waals surface area (Å²) in [5.41, 5.74) is 0.273. The van der Waals surface area contributed by atoms with Gasteiger partial charge in [0, 0.05) is 50.9 Å². The number of aromatic nitrogens is 5. The predicted octanol–water partition coefficient (Wildman–Crippen LogP) is 3.40. The van der Waals surface area contributed by atoms with Crippen molar-refractivity contribution in [3.05, 3.63) is 53.2 Å². The molecule has 0 bridgehead atoms. The quantitative estimate of drug-likeness (QED) is 0.609. The third-order valence-electron chi connectivity index (χ3n) is 5.10. The maximum Gasteiger partial charge on any atom is 0.231 e. The number of pyridine rings is 2. The second-order valence-corrected chi connectivity index (χ2v) is 7.29. The molecule has 1 aliphatic rings. The number of anilines is 1. The van der Waals surface area contributed by atoms with Crippen LogP contribution in [-0.2, 0) is 12.7 Å². The highest BCUT2D eigenvalue weighted by Crippen LogP contribution is 2.40. The van der Waals surface area contributed by atoms with E-state index in [1.165, 1.54) is 24.8 Å². The molecule has 0 N–H and O–H groups in total. The Morgan fingerprint density at radius 3 is 2.66 bits per heavy atom. The second kappa shape index (κ2) is 7.37. The van der Waals surface area contributed by atoms with Crippen LogP contribution in [0.1, 0.15) is 24.2 Å². The number of nitrogens with zero attached hydrogens (tertiary/aromatic N) is 7. The Morgan fingerprint density at radius 2 is 2.03 bits per heavy atom. The van der Waals surface area contributed by atoms with Crippen molar-refractivity contribution in [1.29, 1.82) is 5.26 Å². The van der Waals surface area contributed by atoms with Crippen molar-refractivity contribution < 1.29 is 8.78 Å². The largest absolute Gasteiger partial charge is 0.368 e. The van der Waals surface area contributed by atoms with Crippen LogP contribution in [0.2, 0.25) is 5.02 Å². The third-order valence-corrected chi connectivity index (χ3v) is 5.36. The molecule has 0 spiro atoms. The molecule has 3 aromatic heterocycles. The van der Waals surface area contributed by atoms with Gasteiger partial charge in [0.2, 0.25) is 5.95 Å². The van der Waals surface area contributed by atoms with E-state index >= 15 is 4.39 Å². The van der Waals surface area contributed by atoms with Crippen LogP contribution in [0.4, 0.5) is 14.5 Å². The van der Waals surface area contributed by atoms with Crippen LogP contribution in [0.3, 0.4) is 0 Å². The summed E-state index contributed by atoms with van der Waals surface area (Å²) in [6, 6.07) is 5.17. The molecule has 0 aliphatic carbocycles. The van der Waals surface area contributed by atoms with E-state index in [0.29, 0.717) is 41.4 Å². The summed E-state index contributed by atoms with van der Waals surface area (Å²) < 4.78 is 30.6. The van der Waals surface area contributed by atoms with E-state index in [9.17, 15) is 9.65 Å². The summed E-state index contributed by atoms with van der Waals surface area (Å²) in [5, 5.41) is 17.2.